The summed E-state index contributed by atoms with van der Waals surface area (Å²) in [5.74, 6) is 0.461. The van der Waals surface area contributed by atoms with E-state index in [1.54, 1.807) is 18.5 Å². The van der Waals surface area contributed by atoms with Gasteiger partial charge in [-0.15, -0.1) is 0 Å². The zero-order valence-electron chi connectivity index (χ0n) is 8.55. The Morgan fingerprint density at radius 1 is 1.19 bits per heavy atom. The minimum atomic E-state index is -0.657. The fraction of sp³-hybridized carbons (Fsp3) is 0.167. The molecule has 1 unspecified atom stereocenters. The molecule has 0 fully saturated rings. The molecule has 1 aromatic carbocycles. The number of nitrogens with zero attached hydrogens (tertiary/aromatic N) is 2. The zero-order valence-corrected chi connectivity index (χ0v) is 10.1. The summed E-state index contributed by atoms with van der Waals surface area (Å²) in [6.45, 7) is 0. The Kier molecular flexibility index (Phi) is 3.64. The molecule has 82 valence electrons. The molecule has 0 radical (unpaired) electrons. The predicted octanol–water partition coefficient (Wildman–Crippen LogP) is 2.52. The first-order valence-corrected chi connectivity index (χ1v) is 5.74. The molecule has 0 saturated carbocycles. The van der Waals surface area contributed by atoms with Crippen molar-refractivity contribution < 1.29 is 5.11 Å². The number of hydrogen-bond donors (Lipinski definition) is 1. The Morgan fingerprint density at radius 2 is 1.94 bits per heavy atom. The Balaban J connectivity index is 2.11. The molecule has 1 aromatic heterocycles. The first-order chi connectivity index (χ1) is 7.75. The lowest BCUT2D eigenvalue weighted by Gasteiger charge is -2.08. The van der Waals surface area contributed by atoms with Crippen molar-refractivity contribution in [3.8, 4) is 0 Å². The Hall–Kier alpha value is -1.26. The van der Waals surface area contributed by atoms with E-state index in [2.05, 4.69) is 25.9 Å². The normalized spacial score (nSPS) is 12.4. The van der Waals surface area contributed by atoms with Crippen LogP contribution in [0.4, 0.5) is 0 Å². The van der Waals surface area contributed by atoms with E-state index in [1.807, 2.05) is 24.3 Å². The summed E-state index contributed by atoms with van der Waals surface area (Å²) in [7, 11) is 0. The summed E-state index contributed by atoms with van der Waals surface area (Å²) in [6, 6.07) is 9.57. The van der Waals surface area contributed by atoms with Crippen molar-refractivity contribution in [2.45, 2.75) is 12.5 Å². The van der Waals surface area contributed by atoms with Gasteiger partial charge in [-0.25, -0.2) is 9.97 Å². The van der Waals surface area contributed by atoms with Crippen LogP contribution in [0.25, 0.3) is 0 Å². The maximum atomic E-state index is 9.92. The molecule has 0 amide bonds. The molecular formula is C12H11BrN2O. The second kappa shape index (κ2) is 5.18. The molecule has 2 aromatic rings. The summed E-state index contributed by atoms with van der Waals surface area (Å²) in [5, 5.41) is 9.92. The maximum Gasteiger partial charge on any atom is 0.157 e. The van der Waals surface area contributed by atoms with Gasteiger partial charge >= 0.3 is 0 Å². The highest BCUT2D eigenvalue weighted by Crippen LogP contribution is 2.17. The van der Waals surface area contributed by atoms with Gasteiger partial charge in [0.05, 0.1) is 0 Å². The van der Waals surface area contributed by atoms with Crippen LogP contribution in [0, 0.1) is 0 Å². The molecule has 1 atom stereocenters. The third-order valence-electron chi connectivity index (χ3n) is 2.20. The quantitative estimate of drug-likeness (QED) is 0.939. The highest BCUT2D eigenvalue weighted by molar-refractivity contribution is 9.10. The minimum absolute atomic E-state index is 0.461. The second-order valence-electron chi connectivity index (χ2n) is 3.46. The summed E-state index contributed by atoms with van der Waals surface area (Å²) in [4.78, 5) is 8.05. The van der Waals surface area contributed by atoms with Crippen LogP contribution in [0.2, 0.25) is 0 Å². The lowest BCUT2D eigenvalue weighted by molar-refractivity contribution is 0.168. The van der Waals surface area contributed by atoms with Crippen molar-refractivity contribution in [1.82, 2.24) is 9.97 Å². The number of hydrogen-bond acceptors (Lipinski definition) is 3. The first kappa shape index (κ1) is 11.2. The van der Waals surface area contributed by atoms with E-state index in [0.717, 1.165) is 10.0 Å². The van der Waals surface area contributed by atoms with Crippen molar-refractivity contribution in [3.63, 3.8) is 0 Å². The van der Waals surface area contributed by atoms with E-state index in [9.17, 15) is 5.11 Å². The summed E-state index contributed by atoms with van der Waals surface area (Å²) in [5.41, 5.74) is 1.05. The van der Waals surface area contributed by atoms with Crippen LogP contribution in [0.3, 0.4) is 0 Å². The Bertz CT molecular complexity index is 462. The van der Waals surface area contributed by atoms with Gasteiger partial charge in [-0.1, -0.05) is 28.1 Å². The number of benzene rings is 1. The van der Waals surface area contributed by atoms with Crippen LogP contribution >= 0.6 is 15.9 Å². The highest BCUT2D eigenvalue weighted by Gasteiger charge is 2.10. The largest absolute Gasteiger partial charge is 0.385 e. The molecule has 16 heavy (non-hydrogen) atoms. The molecule has 0 aliphatic carbocycles. The number of aliphatic hydroxyl groups excluding tert-OH is 1. The molecule has 0 aliphatic rings. The van der Waals surface area contributed by atoms with Crippen LogP contribution in [-0.2, 0) is 6.42 Å². The molecule has 3 nitrogen and oxygen atoms in total. The lowest BCUT2D eigenvalue weighted by Crippen LogP contribution is -2.06. The van der Waals surface area contributed by atoms with E-state index in [1.165, 1.54) is 0 Å². The van der Waals surface area contributed by atoms with Gasteiger partial charge in [0.1, 0.15) is 6.10 Å². The maximum absolute atomic E-state index is 9.92. The number of aromatic nitrogens is 2. The van der Waals surface area contributed by atoms with Crippen LogP contribution in [0.5, 0.6) is 0 Å². The standard InChI is InChI=1S/C12H11BrN2O/c13-10-4-1-3-9(7-10)8-11(16)12-14-5-2-6-15-12/h1-7,11,16H,8H2. The Morgan fingerprint density at radius 3 is 2.62 bits per heavy atom. The van der Waals surface area contributed by atoms with Crippen LogP contribution < -0.4 is 0 Å². The van der Waals surface area contributed by atoms with Gasteiger partial charge < -0.3 is 5.11 Å². The fourth-order valence-corrected chi connectivity index (χ4v) is 1.91. The van der Waals surface area contributed by atoms with Crippen LogP contribution in [0.1, 0.15) is 17.5 Å². The van der Waals surface area contributed by atoms with E-state index in [4.69, 9.17) is 0 Å². The van der Waals surface area contributed by atoms with Gasteiger partial charge in [0.2, 0.25) is 0 Å². The van der Waals surface area contributed by atoms with Gasteiger partial charge in [-0.3, -0.25) is 0 Å². The Labute approximate surface area is 102 Å². The fourth-order valence-electron chi connectivity index (χ4n) is 1.46. The molecule has 0 spiro atoms. The van der Waals surface area contributed by atoms with E-state index in [0.29, 0.717) is 12.2 Å². The topological polar surface area (TPSA) is 46.0 Å². The molecule has 4 heteroatoms. The van der Waals surface area contributed by atoms with Crippen molar-refractivity contribution in [3.05, 3.63) is 58.6 Å². The highest BCUT2D eigenvalue weighted by atomic mass is 79.9. The van der Waals surface area contributed by atoms with E-state index in [-0.39, 0.29) is 0 Å². The number of rotatable bonds is 3. The predicted molar refractivity (Wildman–Crippen MR) is 64.8 cm³/mol. The molecule has 0 aliphatic heterocycles. The first-order valence-electron chi connectivity index (χ1n) is 4.95. The van der Waals surface area contributed by atoms with Crippen molar-refractivity contribution in [2.75, 3.05) is 0 Å². The summed E-state index contributed by atoms with van der Waals surface area (Å²) in [6.07, 6.45) is 3.12. The van der Waals surface area contributed by atoms with E-state index < -0.39 is 6.10 Å². The molecular weight excluding hydrogens is 268 g/mol. The smallest absolute Gasteiger partial charge is 0.157 e. The van der Waals surface area contributed by atoms with Crippen molar-refractivity contribution in [2.24, 2.45) is 0 Å². The monoisotopic (exact) mass is 278 g/mol. The second-order valence-corrected chi connectivity index (χ2v) is 4.37. The third-order valence-corrected chi connectivity index (χ3v) is 2.70. The SMILES string of the molecule is OC(Cc1cccc(Br)c1)c1ncccn1. The molecule has 0 saturated heterocycles. The van der Waals surface area contributed by atoms with Gasteiger partial charge in [0, 0.05) is 23.3 Å². The van der Waals surface area contributed by atoms with Gasteiger partial charge in [-0.2, -0.15) is 0 Å². The number of aliphatic hydroxyl groups is 1. The molecule has 2 rings (SSSR count). The average molecular weight is 279 g/mol. The zero-order chi connectivity index (χ0) is 11.4. The van der Waals surface area contributed by atoms with Crippen LogP contribution in [-0.4, -0.2) is 15.1 Å². The third kappa shape index (κ3) is 2.87. The minimum Gasteiger partial charge on any atom is -0.385 e. The van der Waals surface area contributed by atoms with Gasteiger partial charge in [0.25, 0.3) is 0 Å². The number of halogens is 1. The average Bonchev–Trinajstić information content (AvgIpc) is 2.30. The van der Waals surface area contributed by atoms with E-state index >= 15 is 0 Å². The van der Waals surface area contributed by atoms with Gasteiger partial charge in [0.15, 0.2) is 5.82 Å². The van der Waals surface area contributed by atoms with Crippen LogP contribution in [0.15, 0.2) is 47.2 Å². The summed E-state index contributed by atoms with van der Waals surface area (Å²) < 4.78 is 1.01. The molecule has 0 bridgehead atoms. The lowest BCUT2D eigenvalue weighted by atomic mass is 10.1. The molecule has 1 heterocycles. The summed E-state index contributed by atoms with van der Waals surface area (Å²) >= 11 is 3.40. The van der Waals surface area contributed by atoms with Crippen molar-refractivity contribution in [1.29, 1.82) is 0 Å². The molecule has 1 N–H and O–H groups in total. The van der Waals surface area contributed by atoms with Crippen molar-refractivity contribution >= 4 is 15.9 Å². The van der Waals surface area contributed by atoms with Gasteiger partial charge in [-0.05, 0) is 23.8 Å².